The van der Waals surface area contributed by atoms with Gasteiger partial charge in [0.1, 0.15) is 0 Å². The van der Waals surface area contributed by atoms with Gasteiger partial charge in [0.25, 0.3) is 0 Å². The Hall–Kier alpha value is -0.380. The van der Waals surface area contributed by atoms with Crippen LogP contribution < -0.4 is 0 Å². The molecule has 0 saturated heterocycles. The highest BCUT2D eigenvalue weighted by atomic mass is 32.1. The minimum absolute atomic E-state index is 0.258. The fourth-order valence-corrected chi connectivity index (χ4v) is 2.73. The Morgan fingerprint density at radius 2 is 2.27 bits per heavy atom. The second kappa shape index (κ2) is 6.26. The molecule has 15 heavy (non-hydrogen) atoms. The van der Waals surface area contributed by atoms with Gasteiger partial charge in [0.05, 0.1) is 6.10 Å². The standard InChI is InChI=1S/C12H20O2S/c1-4-10-6-8-15-12(10)11(13)9(2)5-7-14-3/h6,8-9,11,13H,4-5,7H2,1-3H3. The molecule has 2 unspecified atom stereocenters. The minimum atomic E-state index is -0.338. The molecule has 0 aliphatic heterocycles. The Kier molecular flexibility index (Phi) is 5.29. The van der Waals surface area contributed by atoms with E-state index in [-0.39, 0.29) is 12.0 Å². The predicted octanol–water partition coefficient (Wildman–Crippen LogP) is 3.02. The highest BCUT2D eigenvalue weighted by Crippen LogP contribution is 2.31. The van der Waals surface area contributed by atoms with Crippen molar-refractivity contribution in [3.63, 3.8) is 0 Å². The zero-order chi connectivity index (χ0) is 11.3. The van der Waals surface area contributed by atoms with Crippen molar-refractivity contribution in [2.24, 2.45) is 5.92 Å². The lowest BCUT2D eigenvalue weighted by Crippen LogP contribution is -2.11. The topological polar surface area (TPSA) is 29.5 Å². The zero-order valence-electron chi connectivity index (χ0n) is 9.69. The van der Waals surface area contributed by atoms with Crippen LogP contribution in [0.3, 0.4) is 0 Å². The molecule has 1 heterocycles. The molecule has 0 aromatic carbocycles. The summed E-state index contributed by atoms with van der Waals surface area (Å²) in [7, 11) is 1.70. The van der Waals surface area contributed by atoms with Crippen LogP contribution in [-0.4, -0.2) is 18.8 Å². The maximum atomic E-state index is 10.2. The van der Waals surface area contributed by atoms with Gasteiger partial charge in [0.2, 0.25) is 0 Å². The van der Waals surface area contributed by atoms with Gasteiger partial charge in [-0.1, -0.05) is 13.8 Å². The summed E-state index contributed by atoms with van der Waals surface area (Å²) < 4.78 is 5.03. The van der Waals surface area contributed by atoms with Crippen molar-refractivity contribution in [1.29, 1.82) is 0 Å². The molecule has 1 aromatic rings. The number of ether oxygens (including phenoxy) is 1. The van der Waals surface area contributed by atoms with Gasteiger partial charge >= 0.3 is 0 Å². The Balaban J connectivity index is 2.62. The molecule has 1 rings (SSSR count). The average Bonchev–Trinajstić information content (AvgIpc) is 2.72. The minimum Gasteiger partial charge on any atom is -0.387 e. The smallest absolute Gasteiger partial charge is 0.0910 e. The van der Waals surface area contributed by atoms with Gasteiger partial charge in [0.15, 0.2) is 0 Å². The summed E-state index contributed by atoms with van der Waals surface area (Å²) in [6, 6.07) is 2.10. The Morgan fingerprint density at radius 3 is 2.87 bits per heavy atom. The number of rotatable bonds is 6. The van der Waals surface area contributed by atoms with E-state index < -0.39 is 0 Å². The van der Waals surface area contributed by atoms with E-state index in [0.29, 0.717) is 6.61 Å². The van der Waals surface area contributed by atoms with Crippen molar-refractivity contribution in [3.8, 4) is 0 Å². The Bertz CT molecular complexity index is 283. The van der Waals surface area contributed by atoms with Crippen LogP contribution in [0.4, 0.5) is 0 Å². The monoisotopic (exact) mass is 228 g/mol. The molecule has 2 nitrogen and oxygen atoms in total. The molecule has 3 heteroatoms. The largest absolute Gasteiger partial charge is 0.387 e. The number of hydrogen-bond acceptors (Lipinski definition) is 3. The molecule has 0 amide bonds. The van der Waals surface area contributed by atoms with Crippen LogP contribution >= 0.6 is 11.3 Å². The third-order valence-corrected chi connectivity index (χ3v) is 3.78. The van der Waals surface area contributed by atoms with Crippen molar-refractivity contribution in [2.75, 3.05) is 13.7 Å². The van der Waals surface area contributed by atoms with Crippen LogP contribution in [0.5, 0.6) is 0 Å². The summed E-state index contributed by atoms with van der Waals surface area (Å²) in [6.45, 7) is 4.91. The van der Waals surface area contributed by atoms with Gasteiger partial charge in [-0.25, -0.2) is 0 Å². The number of methoxy groups -OCH3 is 1. The molecule has 1 aromatic heterocycles. The third-order valence-electron chi connectivity index (χ3n) is 2.75. The van der Waals surface area contributed by atoms with E-state index in [1.165, 1.54) is 5.56 Å². The molecule has 0 aliphatic carbocycles. The summed E-state index contributed by atoms with van der Waals surface area (Å²) in [5.74, 6) is 0.258. The Morgan fingerprint density at radius 1 is 1.53 bits per heavy atom. The molecular formula is C12H20O2S. The summed E-state index contributed by atoms with van der Waals surface area (Å²) >= 11 is 1.65. The maximum absolute atomic E-state index is 10.2. The van der Waals surface area contributed by atoms with Crippen LogP contribution in [0.2, 0.25) is 0 Å². The van der Waals surface area contributed by atoms with Gasteiger partial charge in [0, 0.05) is 18.6 Å². The van der Waals surface area contributed by atoms with E-state index in [1.807, 2.05) is 0 Å². The lowest BCUT2D eigenvalue weighted by Gasteiger charge is -2.18. The van der Waals surface area contributed by atoms with Crippen molar-refractivity contribution in [2.45, 2.75) is 32.8 Å². The van der Waals surface area contributed by atoms with Crippen LogP contribution in [-0.2, 0) is 11.2 Å². The van der Waals surface area contributed by atoms with Crippen LogP contribution in [0.25, 0.3) is 0 Å². The second-order valence-electron chi connectivity index (χ2n) is 3.87. The quantitative estimate of drug-likeness (QED) is 0.811. The zero-order valence-corrected chi connectivity index (χ0v) is 10.5. The number of thiophene rings is 1. The van der Waals surface area contributed by atoms with Gasteiger partial charge in [-0.2, -0.15) is 0 Å². The third kappa shape index (κ3) is 3.30. The molecular weight excluding hydrogens is 208 g/mol. The van der Waals surface area contributed by atoms with Crippen LogP contribution in [0.15, 0.2) is 11.4 Å². The first kappa shape index (κ1) is 12.7. The van der Waals surface area contributed by atoms with Crippen molar-refractivity contribution in [3.05, 3.63) is 21.9 Å². The fourth-order valence-electron chi connectivity index (χ4n) is 1.62. The summed E-state index contributed by atoms with van der Waals surface area (Å²) in [6.07, 6.45) is 1.56. The average molecular weight is 228 g/mol. The van der Waals surface area contributed by atoms with E-state index in [9.17, 15) is 5.11 Å². The molecule has 0 fully saturated rings. The lowest BCUT2D eigenvalue weighted by molar-refractivity contribution is 0.0906. The summed E-state index contributed by atoms with van der Waals surface area (Å²) in [5, 5.41) is 12.2. The normalized spacial score (nSPS) is 15.2. The number of aryl methyl sites for hydroxylation is 1. The highest BCUT2D eigenvalue weighted by Gasteiger charge is 2.19. The Labute approximate surface area is 95.9 Å². The first-order chi connectivity index (χ1) is 7.20. The van der Waals surface area contributed by atoms with E-state index in [1.54, 1.807) is 18.4 Å². The number of hydrogen-bond donors (Lipinski definition) is 1. The van der Waals surface area contributed by atoms with Gasteiger partial charge in [-0.3, -0.25) is 0 Å². The van der Waals surface area contributed by atoms with E-state index >= 15 is 0 Å². The van der Waals surface area contributed by atoms with Crippen molar-refractivity contribution >= 4 is 11.3 Å². The molecule has 0 radical (unpaired) electrons. The van der Waals surface area contributed by atoms with Crippen molar-refractivity contribution in [1.82, 2.24) is 0 Å². The summed E-state index contributed by atoms with van der Waals surface area (Å²) in [4.78, 5) is 1.13. The van der Waals surface area contributed by atoms with Crippen molar-refractivity contribution < 1.29 is 9.84 Å². The number of aliphatic hydroxyl groups excluding tert-OH is 1. The highest BCUT2D eigenvalue weighted by molar-refractivity contribution is 7.10. The first-order valence-corrected chi connectivity index (χ1v) is 6.31. The van der Waals surface area contributed by atoms with E-state index in [4.69, 9.17) is 4.74 Å². The number of aliphatic hydroxyl groups is 1. The molecule has 86 valence electrons. The second-order valence-corrected chi connectivity index (χ2v) is 4.81. The SMILES string of the molecule is CCc1ccsc1C(O)C(C)CCOC. The molecule has 0 bridgehead atoms. The molecule has 2 atom stereocenters. The van der Waals surface area contributed by atoms with Gasteiger partial charge < -0.3 is 9.84 Å². The van der Waals surface area contributed by atoms with E-state index in [2.05, 4.69) is 25.3 Å². The maximum Gasteiger partial charge on any atom is 0.0910 e. The fraction of sp³-hybridized carbons (Fsp3) is 0.667. The summed E-state index contributed by atoms with van der Waals surface area (Å²) in [5.41, 5.74) is 1.27. The first-order valence-electron chi connectivity index (χ1n) is 5.44. The van der Waals surface area contributed by atoms with Gasteiger partial charge in [-0.05, 0) is 35.8 Å². The lowest BCUT2D eigenvalue weighted by atomic mass is 9.97. The van der Waals surface area contributed by atoms with E-state index in [0.717, 1.165) is 17.7 Å². The molecule has 0 aliphatic rings. The predicted molar refractivity (Wildman–Crippen MR) is 64.3 cm³/mol. The van der Waals surface area contributed by atoms with Crippen LogP contribution in [0.1, 0.15) is 36.8 Å². The van der Waals surface area contributed by atoms with Crippen LogP contribution in [0, 0.1) is 5.92 Å². The van der Waals surface area contributed by atoms with Gasteiger partial charge in [-0.15, -0.1) is 11.3 Å². The molecule has 0 saturated carbocycles. The molecule has 0 spiro atoms. The molecule has 1 N–H and O–H groups in total.